The summed E-state index contributed by atoms with van der Waals surface area (Å²) in [7, 11) is 0. The number of hydrogen-bond donors (Lipinski definition) is 2. The first-order valence-corrected chi connectivity index (χ1v) is 7.92. The van der Waals surface area contributed by atoms with Crippen LogP contribution in [0.2, 0.25) is 0 Å². The molecule has 0 bridgehead atoms. The van der Waals surface area contributed by atoms with Crippen LogP contribution in [0.25, 0.3) is 0 Å². The van der Waals surface area contributed by atoms with Crippen molar-refractivity contribution >= 4 is 18.5 Å². The van der Waals surface area contributed by atoms with E-state index in [1.807, 2.05) is 6.92 Å². The first-order chi connectivity index (χ1) is 6.95. The van der Waals surface area contributed by atoms with Gasteiger partial charge in [0.2, 0.25) is 0 Å². The molecule has 1 rings (SSSR count). The second-order valence-electron chi connectivity index (χ2n) is 3.25. The van der Waals surface area contributed by atoms with Crippen molar-refractivity contribution in [1.82, 2.24) is 0 Å². The van der Waals surface area contributed by atoms with Crippen molar-refractivity contribution in [3.8, 4) is 11.8 Å². The summed E-state index contributed by atoms with van der Waals surface area (Å²) >= 11 is -4.72. The van der Waals surface area contributed by atoms with E-state index in [1.165, 1.54) is 12.1 Å². The van der Waals surface area contributed by atoms with E-state index in [-0.39, 0.29) is 10.3 Å². The van der Waals surface area contributed by atoms with Crippen molar-refractivity contribution in [2.75, 3.05) is 0 Å². The zero-order valence-corrected chi connectivity index (χ0v) is 10.5. The van der Waals surface area contributed by atoms with E-state index in [4.69, 9.17) is 8.19 Å². The zero-order chi connectivity index (χ0) is 11.5. The Labute approximate surface area is 92.1 Å². The first kappa shape index (κ1) is 12.1. The maximum absolute atomic E-state index is 11.0. The average molecular weight is 268 g/mol. The second kappa shape index (κ2) is 4.72. The van der Waals surface area contributed by atoms with E-state index < -0.39 is 14.2 Å². The topological polar surface area (TPSA) is 57.5 Å². The van der Waals surface area contributed by atoms with Gasteiger partial charge in [-0.05, 0) is 0 Å². The van der Waals surface area contributed by atoms with Crippen molar-refractivity contribution in [3.05, 3.63) is 29.8 Å². The molecule has 0 aliphatic rings. The molecule has 0 aliphatic heterocycles. The molecule has 1 atom stereocenters. The monoisotopic (exact) mass is 268 g/mol. The molecule has 0 radical (unpaired) electrons. The van der Waals surface area contributed by atoms with E-state index >= 15 is 0 Å². The number of hydrogen-bond acceptors (Lipinski definition) is 1. The van der Waals surface area contributed by atoms with Crippen LogP contribution in [0.4, 0.5) is 0 Å². The van der Waals surface area contributed by atoms with Gasteiger partial charge in [-0.3, -0.25) is 0 Å². The fourth-order valence-electron chi connectivity index (χ4n) is 1.26. The number of benzene rings is 1. The Kier molecular flexibility index (Phi) is 3.82. The molecule has 2 N–H and O–H groups in total. The third kappa shape index (κ3) is 3.28. The summed E-state index contributed by atoms with van der Waals surface area (Å²) < 4.78 is 29.0. The molecular weight excluding hydrogens is 255 g/mol. The van der Waals surface area contributed by atoms with Crippen LogP contribution in [0, 0.1) is 11.8 Å². The Bertz CT molecular complexity index is 433. The van der Waals surface area contributed by atoms with Gasteiger partial charge in [0, 0.05) is 0 Å². The van der Waals surface area contributed by atoms with Gasteiger partial charge in [0.25, 0.3) is 0 Å². The predicted octanol–water partition coefficient (Wildman–Crippen LogP) is 0.374. The first-order valence-electron chi connectivity index (χ1n) is 4.53. The minimum atomic E-state index is -4.72. The molecule has 0 spiro atoms. The summed E-state index contributed by atoms with van der Waals surface area (Å²) in [5, 5.41) is 0. The predicted molar refractivity (Wildman–Crippen MR) is 58.8 cm³/mol. The molecule has 1 aromatic carbocycles. The van der Waals surface area contributed by atoms with E-state index in [2.05, 4.69) is 11.8 Å². The molecule has 15 heavy (non-hydrogen) atoms. The Morgan fingerprint density at radius 2 is 1.80 bits per heavy atom. The summed E-state index contributed by atoms with van der Waals surface area (Å²) in [6.07, 6.45) is 0. The van der Waals surface area contributed by atoms with Crippen molar-refractivity contribution in [2.24, 2.45) is 0 Å². The Balaban J connectivity index is 2.99. The van der Waals surface area contributed by atoms with E-state index in [1.54, 1.807) is 19.1 Å². The summed E-state index contributed by atoms with van der Waals surface area (Å²) in [4.78, 5) is 0. The second-order valence-corrected chi connectivity index (χ2v) is 6.62. The molecule has 0 aliphatic carbocycles. The quantitative estimate of drug-likeness (QED) is 0.602. The molecule has 0 fully saturated rings. The summed E-state index contributed by atoms with van der Waals surface area (Å²) in [6.45, 7) is 3.72. The van der Waals surface area contributed by atoms with Crippen LogP contribution < -0.4 is 4.35 Å². The maximum atomic E-state index is 11.0. The van der Waals surface area contributed by atoms with Crippen molar-refractivity contribution in [1.29, 1.82) is 0 Å². The molecule has 3 nitrogen and oxygen atoms in total. The Hall–Kier alpha value is -0.942. The van der Waals surface area contributed by atoms with Gasteiger partial charge in [-0.15, -0.1) is 0 Å². The molecular formula is C11H13AsO3. The molecule has 4 heteroatoms. The molecule has 0 aromatic heterocycles. The SMILES string of the molecule is CC#CC(C)c1ccc([As](=O)(O)O)cc1. The molecule has 0 amide bonds. The molecule has 80 valence electrons. The van der Waals surface area contributed by atoms with Crippen molar-refractivity contribution in [3.63, 3.8) is 0 Å². The van der Waals surface area contributed by atoms with Gasteiger partial charge in [-0.1, -0.05) is 0 Å². The van der Waals surface area contributed by atoms with E-state index in [0.29, 0.717) is 0 Å². The molecule has 1 aromatic rings. The fraction of sp³-hybridized carbons (Fsp3) is 0.273. The van der Waals surface area contributed by atoms with Crippen LogP contribution in [-0.4, -0.2) is 22.4 Å². The zero-order valence-electron chi connectivity index (χ0n) is 8.64. The van der Waals surface area contributed by atoms with Crippen molar-refractivity contribution in [2.45, 2.75) is 19.8 Å². The summed E-state index contributed by atoms with van der Waals surface area (Å²) in [6, 6.07) is 6.38. The van der Waals surface area contributed by atoms with E-state index in [9.17, 15) is 3.74 Å². The van der Waals surface area contributed by atoms with Crippen LogP contribution in [0.3, 0.4) is 0 Å². The average Bonchev–Trinajstić information content (AvgIpc) is 2.17. The number of rotatable bonds is 2. The van der Waals surface area contributed by atoms with Crippen LogP contribution >= 0.6 is 0 Å². The Morgan fingerprint density at radius 1 is 1.27 bits per heavy atom. The van der Waals surface area contributed by atoms with E-state index in [0.717, 1.165) is 5.56 Å². The van der Waals surface area contributed by atoms with Gasteiger partial charge >= 0.3 is 91.9 Å². The van der Waals surface area contributed by atoms with Gasteiger partial charge in [-0.2, -0.15) is 0 Å². The van der Waals surface area contributed by atoms with Gasteiger partial charge in [0.05, 0.1) is 0 Å². The normalized spacial score (nSPS) is 12.8. The van der Waals surface area contributed by atoms with Crippen molar-refractivity contribution < 1.29 is 11.9 Å². The van der Waals surface area contributed by atoms with Crippen LogP contribution in [0.1, 0.15) is 25.3 Å². The van der Waals surface area contributed by atoms with Gasteiger partial charge in [0.15, 0.2) is 0 Å². The minimum absolute atomic E-state index is 0.0908. The van der Waals surface area contributed by atoms with Crippen LogP contribution in [0.15, 0.2) is 24.3 Å². The van der Waals surface area contributed by atoms with Crippen LogP contribution in [-0.2, 0) is 3.74 Å². The Morgan fingerprint density at radius 3 is 2.20 bits per heavy atom. The molecule has 0 heterocycles. The summed E-state index contributed by atoms with van der Waals surface area (Å²) in [5.41, 5.74) is 0.969. The third-order valence-corrected chi connectivity index (χ3v) is 4.13. The molecule has 0 saturated heterocycles. The molecule has 1 unspecified atom stereocenters. The van der Waals surface area contributed by atoms with Gasteiger partial charge in [0.1, 0.15) is 0 Å². The van der Waals surface area contributed by atoms with Crippen LogP contribution in [0.5, 0.6) is 0 Å². The summed E-state index contributed by atoms with van der Waals surface area (Å²) in [5.74, 6) is 5.88. The third-order valence-electron chi connectivity index (χ3n) is 2.09. The standard InChI is InChI=1S/C11H13AsO3/c1-3-4-9(2)10-5-7-11(8-6-10)12(13,14)15/h5-9H,1-2H3,(H2,13,14,15). The molecule has 0 saturated carbocycles. The van der Waals surface area contributed by atoms with Gasteiger partial charge in [-0.25, -0.2) is 0 Å². The fourth-order valence-corrected chi connectivity index (χ4v) is 2.38. The van der Waals surface area contributed by atoms with Gasteiger partial charge < -0.3 is 0 Å².